The number of carbonyl (C=O) groups is 1. The quantitative estimate of drug-likeness (QED) is 0.237. The second kappa shape index (κ2) is 13.9. The van der Waals surface area contributed by atoms with Gasteiger partial charge in [0.1, 0.15) is 18.5 Å². The van der Waals surface area contributed by atoms with E-state index in [1.54, 1.807) is 0 Å². The highest BCUT2D eigenvalue weighted by molar-refractivity contribution is 5.66. The molecule has 0 heterocycles. The van der Waals surface area contributed by atoms with Crippen molar-refractivity contribution in [1.82, 2.24) is 10.2 Å². The Morgan fingerprint density at radius 1 is 1.00 bits per heavy atom. The molecule has 0 radical (unpaired) electrons. The number of aryl methyl sites for hydroxylation is 1. The summed E-state index contributed by atoms with van der Waals surface area (Å²) in [5, 5.41) is 23.1. The first-order chi connectivity index (χ1) is 18.1. The van der Waals surface area contributed by atoms with Gasteiger partial charge in [-0.05, 0) is 60.1 Å². The number of fused-ring (bicyclic) bond motifs is 1. The summed E-state index contributed by atoms with van der Waals surface area (Å²) in [6.45, 7) is 2.69. The van der Waals surface area contributed by atoms with Crippen molar-refractivity contribution in [3.8, 4) is 5.75 Å². The number of carboxylic acid groups (broad SMARTS) is 1. The first-order valence-electron chi connectivity index (χ1n) is 13.2. The van der Waals surface area contributed by atoms with Crippen LogP contribution in [0.2, 0.25) is 0 Å². The Morgan fingerprint density at radius 2 is 1.76 bits per heavy atom. The zero-order chi connectivity index (χ0) is 25.9. The van der Waals surface area contributed by atoms with Gasteiger partial charge in [0.2, 0.25) is 0 Å². The van der Waals surface area contributed by atoms with Crippen LogP contribution in [0.15, 0.2) is 78.9 Å². The topological polar surface area (TPSA) is 82.0 Å². The molecule has 0 saturated carbocycles. The molecule has 0 aliphatic heterocycles. The minimum atomic E-state index is -0.785. The number of rotatable bonds is 13. The Balaban J connectivity index is 1.44. The van der Waals surface area contributed by atoms with Gasteiger partial charge in [-0.15, -0.1) is 0 Å². The van der Waals surface area contributed by atoms with Gasteiger partial charge < -0.3 is 20.3 Å². The zero-order valence-corrected chi connectivity index (χ0v) is 21.4. The standard InChI is InChI=1S/C31H38N2O4/c34-29(23-37-30-12-5-2-6-13-30)22-33(21-24-8-3-1-4-9-24)28-11-7-10-26-15-14-25(18-27(26)19-28)20-32-17-16-31(35)36/h1-6,8-9,12-15,18,28-29,32,34H,7,10-11,16-17,19-23H2,(H,35,36)/t28?,29-/m0/s1. The van der Waals surface area contributed by atoms with Crippen LogP contribution < -0.4 is 10.1 Å². The summed E-state index contributed by atoms with van der Waals surface area (Å²) < 4.78 is 5.84. The molecular weight excluding hydrogens is 464 g/mol. The number of nitrogens with zero attached hydrogens (tertiary/aromatic N) is 1. The predicted octanol–water partition coefficient (Wildman–Crippen LogP) is 4.44. The molecule has 0 aromatic heterocycles. The lowest BCUT2D eigenvalue weighted by Crippen LogP contribution is -2.42. The lowest BCUT2D eigenvalue weighted by atomic mass is 9.98. The van der Waals surface area contributed by atoms with Crippen LogP contribution >= 0.6 is 0 Å². The van der Waals surface area contributed by atoms with Crippen molar-refractivity contribution in [2.45, 2.75) is 57.3 Å². The van der Waals surface area contributed by atoms with E-state index in [-0.39, 0.29) is 13.0 Å². The fourth-order valence-corrected chi connectivity index (χ4v) is 5.04. The predicted molar refractivity (Wildman–Crippen MR) is 146 cm³/mol. The number of hydrogen-bond acceptors (Lipinski definition) is 5. The van der Waals surface area contributed by atoms with E-state index in [0.717, 1.165) is 38.0 Å². The monoisotopic (exact) mass is 502 g/mol. The molecule has 0 spiro atoms. The summed E-state index contributed by atoms with van der Waals surface area (Å²) in [4.78, 5) is 13.2. The van der Waals surface area contributed by atoms with E-state index < -0.39 is 12.1 Å². The van der Waals surface area contributed by atoms with Crippen molar-refractivity contribution >= 4 is 5.97 Å². The fourth-order valence-electron chi connectivity index (χ4n) is 5.04. The number of aliphatic hydroxyl groups is 1. The number of para-hydroxylation sites is 1. The number of aliphatic hydroxyl groups excluding tert-OH is 1. The molecule has 6 heteroatoms. The molecule has 6 nitrogen and oxygen atoms in total. The van der Waals surface area contributed by atoms with Crippen LogP contribution in [-0.2, 0) is 30.7 Å². The molecule has 2 atom stereocenters. The van der Waals surface area contributed by atoms with Gasteiger partial charge in [0.05, 0.1) is 6.42 Å². The molecule has 1 aliphatic rings. The Labute approximate surface area is 219 Å². The van der Waals surface area contributed by atoms with Crippen molar-refractivity contribution in [2.24, 2.45) is 0 Å². The third kappa shape index (κ3) is 8.71. The van der Waals surface area contributed by atoms with E-state index in [0.29, 0.717) is 25.7 Å². The molecule has 3 aromatic carbocycles. The Kier molecular flexibility index (Phi) is 10.1. The second-order valence-corrected chi connectivity index (χ2v) is 9.87. The van der Waals surface area contributed by atoms with Gasteiger partial charge in [0.15, 0.2) is 0 Å². The second-order valence-electron chi connectivity index (χ2n) is 9.87. The number of benzene rings is 3. The van der Waals surface area contributed by atoms with Crippen LogP contribution in [0.5, 0.6) is 5.75 Å². The molecule has 1 aliphatic carbocycles. The maximum atomic E-state index is 10.9. The molecule has 0 amide bonds. The number of aliphatic carboxylic acids is 1. The minimum Gasteiger partial charge on any atom is -0.491 e. The van der Waals surface area contributed by atoms with Crippen LogP contribution in [0.25, 0.3) is 0 Å². The van der Waals surface area contributed by atoms with Crippen LogP contribution in [0.3, 0.4) is 0 Å². The lowest BCUT2D eigenvalue weighted by molar-refractivity contribution is -0.136. The smallest absolute Gasteiger partial charge is 0.304 e. The van der Waals surface area contributed by atoms with Gasteiger partial charge in [-0.1, -0.05) is 66.7 Å². The van der Waals surface area contributed by atoms with Crippen LogP contribution in [0, 0.1) is 0 Å². The summed E-state index contributed by atoms with van der Waals surface area (Å²) in [7, 11) is 0. The minimum absolute atomic E-state index is 0.123. The normalized spacial score (nSPS) is 16.1. The zero-order valence-electron chi connectivity index (χ0n) is 21.4. The van der Waals surface area contributed by atoms with Crippen molar-refractivity contribution in [3.05, 3.63) is 101 Å². The molecule has 1 unspecified atom stereocenters. The third-order valence-corrected chi connectivity index (χ3v) is 6.93. The van der Waals surface area contributed by atoms with E-state index in [1.165, 1.54) is 22.3 Å². The lowest BCUT2D eigenvalue weighted by Gasteiger charge is -2.33. The first-order valence-corrected chi connectivity index (χ1v) is 13.2. The van der Waals surface area contributed by atoms with Crippen molar-refractivity contribution in [1.29, 1.82) is 0 Å². The summed E-state index contributed by atoms with van der Waals surface area (Å²) in [5.74, 6) is -0.0174. The van der Waals surface area contributed by atoms with Gasteiger partial charge in [0, 0.05) is 32.2 Å². The van der Waals surface area contributed by atoms with E-state index >= 15 is 0 Å². The number of carboxylic acids is 1. The van der Waals surface area contributed by atoms with Gasteiger partial charge in [0.25, 0.3) is 0 Å². The summed E-state index contributed by atoms with van der Waals surface area (Å²) >= 11 is 0. The van der Waals surface area contributed by atoms with Crippen molar-refractivity contribution in [3.63, 3.8) is 0 Å². The van der Waals surface area contributed by atoms with E-state index in [2.05, 4.69) is 52.7 Å². The summed E-state index contributed by atoms with van der Waals surface area (Å²) in [6.07, 6.45) is 3.68. The van der Waals surface area contributed by atoms with Crippen molar-refractivity contribution in [2.75, 3.05) is 19.7 Å². The van der Waals surface area contributed by atoms with E-state index in [4.69, 9.17) is 9.84 Å². The number of nitrogens with one attached hydrogen (secondary N) is 1. The highest BCUT2D eigenvalue weighted by atomic mass is 16.5. The SMILES string of the molecule is O=C(O)CCNCc1ccc2c(c1)CC(N(Cc1ccccc1)C[C@H](O)COc1ccccc1)CCC2. The van der Waals surface area contributed by atoms with E-state index in [9.17, 15) is 9.90 Å². The molecular formula is C31H38N2O4. The third-order valence-electron chi connectivity index (χ3n) is 6.93. The van der Waals surface area contributed by atoms with Gasteiger partial charge in [-0.25, -0.2) is 0 Å². The number of hydrogen-bond donors (Lipinski definition) is 3. The van der Waals surface area contributed by atoms with Crippen LogP contribution in [0.4, 0.5) is 0 Å². The summed E-state index contributed by atoms with van der Waals surface area (Å²) in [5.41, 5.74) is 5.16. The molecule has 196 valence electrons. The molecule has 37 heavy (non-hydrogen) atoms. The molecule has 3 N–H and O–H groups in total. The van der Waals surface area contributed by atoms with Crippen LogP contribution in [-0.4, -0.2) is 52.9 Å². The summed E-state index contributed by atoms with van der Waals surface area (Å²) in [6, 6.07) is 27.0. The van der Waals surface area contributed by atoms with Crippen LogP contribution in [0.1, 0.15) is 41.5 Å². The molecule has 0 fully saturated rings. The maximum Gasteiger partial charge on any atom is 0.304 e. The van der Waals surface area contributed by atoms with Gasteiger partial charge in [-0.2, -0.15) is 0 Å². The highest BCUT2D eigenvalue weighted by Crippen LogP contribution is 2.26. The average Bonchev–Trinajstić information content (AvgIpc) is 3.13. The van der Waals surface area contributed by atoms with E-state index in [1.807, 2.05) is 36.4 Å². The molecule has 0 bridgehead atoms. The fraction of sp³-hybridized carbons (Fsp3) is 0.387. The maximum absolute atomic E-state index is 10.9. The Hall–Kier alpha value is -3.19. The van der Waals surface area contributed by atoms with Crippen molar-refractivity contribution < 1.29 is 19.7 Å². The average molecular weight is 503 g/mol. The largest absolute Gasteiger partial charge is 0.491 e. The number of ether oxygens (including phenoxy) is 1. The van der Waals surface area contributed by atoms with Gasteiger partial charge in [-0.3, -0.25) is 9.69 Å². The Bertz CT molecular complexity index is 1110. The first kappa shape index (κ1) is 26.9. The molecule has 4 rings (SSSR count). The Morgan fingerprint density at radius 3 is 2.51 bits per heavy atom. The highest BCUT2D eigenvalue weighted by Gasteiger charge is 2.25. The van der Waals surface area contributed by atoms with Gasteiger partial charge >= 0.3 is 5.97 Å². The molecule has 3 aromatic rings. The molecule has 0 saturated heterocycles.